The fourth-order valence-corrected chi connectivity index (χ4v) is 2.00. The van der Waals surface area contributed by atoms with Crippen LogP contribution in [-0.2, 0) is 17.8 Å². The molecule has 0 saturated carbocycles. The van der Waals surface area contributed by atoms with Crippen LogP contribution in [0.5, 0.6) is 5.75 Å². The molecule has 1 aliphatic rings. The molecule has 0 fully saturated rings. The molecular weight excluding hydrogens is 202 g/mol. The molecule has 2 N–H and O–H groups in total. The Bertz CT molecular complexity index is 376. The van der Waals surface area contributed by atoms with E-state index >= 15 is 0 Å². The summed E-state index contributed by atoms with van der Waals surface area (Å²) in [5.41, 5.74) is 9.34. The molecule has 0 aliphatic carbocycles. The van der Waals surface area contributed by atoms with Crippen LogP contribution in [0.4, 0.5) is 0 Å². The van der Waals surface area contributed by atoms with Gasteiger partial charge in [-0.1, -0.05) is 19.1 Å². The molecule has 16 heavy (non-hydrogen) atoms. The van der Waals surface area contributed by atoms with Gasteiger partial charge in [-0.2, -0.15) is 0 Å². The molecule has 1 heterocycles. The topological polar surface area (TPSA) is 44.5 Å². The van der Waals surface area contributed by atoms with Gasteiger partial charge in [-0.05, 0) is 36.9 Å². The van der Waals surface area contributed by atoms with Gasteiger partial charge in [0, 0.05) is 5.56 Å². The number of hydrogen-bond donors (Lipinski definition) is 1. The lowest BCUT2D eigenvalue weighted by Crippen LogP contribution is -2.17. The molecule has 3 nitrogen and oxygen atoms in total. The average molecular weight is 221 g/mol. The van der Waals surface area contributed by atoms with Crippen LogP contribution in [0.1, 0.15) is 23.6 Å². The largest absolute Gasteiger partial charge is 0.467 e. The predicted octanol–water partition coefficient (Wildman–Crippen LogP) is 2.00. The molecular formula is C13H19NO2. The zero-order chi connectivity index (χ0) is 11.5. The maximum atomic E-state index is 5.66. The number of rotatable bonds is 3. The van der Waals surface area contributed by atoms with Crippen LogP contribution in [0.25, 0.3) is 0 Å². The second-order valence-corrected chi connectivity index (χ2v) is 4.50. The number of fused-ring (bicyclic) bond motifs is 1. The zero-order valence-electron chi connectivity index (χ0n) is 9.95. The highest BCUT2D eigenvalue weighted by atomic mass is 16.7. The molecule has 1 aromatic carbocycles. The van der Waals surface area contributed by atoms with Crippen LogP contribution >= 0.6 is 0 Å². The first kappa shape index (κ1) is 11.4. The van der Waals surface area contributed by atoms with Crippen molar-refractivity contribution in [3.8, 4) is 5.75 Å². The van der Waals surface area contributed by atoms with E-state index in [0.29, 0.717) is 25.9 Å². The highest BCUT2D eigenvalue weighted by Crippen LogP contribution is 2.32. The van der Waals surface area contributed by atoms with Crippen molar-refractivity contribution < 1.29 is 9.47 Å². The second-order valence-electron chi connectivity index (χ2n) is 4.50. The van der Waals surface area contributed by atoms with Crippen molar-refractivity contribution in [2.75, 3.05) is 13.3 Å². The van der Waals surface area contributed by atoms with E-state index in [1.54, 1.807) is 0 Å². The van der Waals surface area contributed by atoms with E-state index in [-0.39, 0.29) is 0 Å². The first-order valence-corrected chi connectivity index (χ1v) is 5.74. The van der Waals surface area contributed by atoms with Crippen molar-refractivity contribution in [1.29, 1.82) is 0 Å². The van der Waals surface area contributed by atoms with Gasteiger partial charge in [0.2, 0.25) is 0 Å². The van der Waals surface area contributed by atoms with Crippen molar-refractivity contribution in [2.45, 2.75) is 26.9 Å². The zero-order valence-corrected chi connectivity index (χ0v) is 9.95. The van der Waals surface area contributed by atoms with Gasteiger partial charge in [0.05, 0.1) is 6.61 Å². The van der Waals surface area contributed by atoms with Gasteiger partial charge in [0.15, 0.2) is 6.79 Å². The van der Waals surface area contributed by atoms with Gasteiger partial charge in [0.1, 0.15) is 5.75 Å². The van der Waals surface area contributed by atoms with E-state index in [2.05, 4.69) is 26.0 Å². The summed E-state index contributed by atoms with van der Waals surface area (Å²) in [6.07, 6.45) is 0.971. The predicted molar refractivity (Wildman–Crippen MR) is 63.4 cm³/mol. The Kier molecular flexibility index (Phi) is 3.46. The first-order valence-electron chi connectivity index (χ1n) is 5.74. The van der Waals surface area contributed by atoms with Crippen LogP contribution in [0.3, 0.4) is 0 Å². The van der Waals surface area contributed by atoms with Crippen LogP contribution in [0, 0.1) is 12.8 Å². The van der Waals surface area contributed by atoms with E-state index in [4.69, 9.17) is 15.2 Å². The number of nitrogens with two attached hydrogens (primary N) is 1. The minimum absolute atomic E-state index is 0.362. The molecule has 0 aromatic heterocycles. The number of hydrogen-bond acceptors (Lipinski definition) is 3. The van der Waals surface area contributed by atoms with Gasteiger partial charge in [0.25, 0.3) is 0 Å². The molecule has 1 aromatic rings. The average Bonchev–Trinajstić information content (AvgIpc) is 2.33. The van der Waals surface area contributed by atoms with Crippen molar-refractivity contribution in [2.24, 2.45) is 11.7 Å². The number of ether oxygens (including phenoxy) is 2. The summed E-state index contributed by atoms with van der Waals surface area (Å²) in [5, 5.41) is 0. The smallest absolute Gasteiger partial charge is 0.189 e. The molecule has 0 saturated heterocycles. The highest BCUT2D eigenvalue weighted by Gasteiger charge is 2.17. The Labute approximate surface area is 96.5 Å². The molecule has 1 atom stereocenters. The normalized spacial score (nSPS) is 16.4. The van der Waals surface area contributed by atoms with Crippen molar-refractivity contribution in [1.82, 2.24) is 0 Å². The Balaban J connectivity index is 2.31. The Morgan fingerprint density at radius 1 is 1.44 bits per heavy atom. The summed E-state index contributed by atoms with van der Waals surface area (Å²) in [6.45, 7) is 5.98. The molecule has 0 amide bonds. The maximum absolute atomic E-state index is 5.66. The maximum Gasteiger partial charge on any atom is 0.189 e. The Morgan fingerprint density at radius 2 is 2.25 bits per heavy atom. The van der Waals surface area contributed by atoms with E-state index < -0.39 is 0 Å². The summed E-state index contributed by atoms with van der Waals surface area (Å²) in [6, 6.07) is 4.28. The molecule has 3 heteroatoms. The third-order valence-corrected chi connectivity index (χ3v) is 3.08. The summed E-state index contributed by atoms with van der Waals surface area (Å²) in [7, 11) is 0. The van der Waals surface area contributed by atoms with Crippen molar-refractivity contribution in [3.63, 3.8) is 0 Å². The standard InChI is InChI=1S/C13H19NO2/c1-9(6-14)5-11-4-3-10(2)12-7-15-8-16-13(11)12/h3-4,9H,5-8,14H2,1-2H3. The van der Waals surface area contributed by atoms with E-state index in [1.165, 1.54) is 16.7 Å². The third-order valence-electron chi connectivity index (χ3n) is 3.08. The monoisotopic (exact) mass is 221 g/mol. The van der Waals surface area contributed by atoms with Crippen LogP contribution in [0.15, 0.2) is 12.1 Å². The SMILES string of the molecule is Cc1ccc(CC(C)CN)c2c1COCO2. The lowest BCUT2D eigenvalue weighted by Gasteiger charge is -2.23. The molecule has 88 valence electrons. The van der Waals surface area contributed by atoms with Crippen molar-refractivity contribution in [3.05, 3.63) is 28.8 Å². The summed E-state index contributed by atoms with van der Waals surface area (Å²) in [5.74, 6) is 1.50. The molecule has 1 unspecified atom stereocenters. The van der Waals surface area contributed by atoms with E-state index in [0.717, 1.165) is 12.2 Å². The summed E-state index contributed by atoms with van der Waals surface area (Å²) in [4.78, 5) is 0. The molecule has 1 aliphatic heterocycles. The van der Waals surface area contributed by atoms with Gasteiger partial charge in [-0.25, -0.2) is 0 Å². The minimum Gasteiger partial charge on any atom is -0.467 e. The fourth-order valence-electron chi connectivity index (χ4n) is 2.00. The van der Waals surface area contributed by atoms with Crippen LogP contribution in [-0.4, -0.2) is 13.3 Å². The number of benzene rings is 1. The molecule has 0 spiro atoms. The third kappa shape index (κ3) is 2.20. The minimum atomic E-state index is 0.362. The second kappa shape index (κ2) is 4.85. The molecule has 0 bridgehead atoms. The van der Waals surface area contributed by atoms with Crippen LogP contribution in [0.2, 0.25) is 0 Å². The highest BCUT2D eigenvalue weighted by molar-refractivity contribution is 5.46. The Morgan fingerprint density at radius 3 is 3.00 bits per heavy atom. The van der Waals surface area contributed by atoms with Gasteiger partial charge < -0.3 is 15.2 Å². The van der Waals surface area contributed by atoms with Crippen molar-refractivity contribution >= 4 is 0 Å². The van der Waals surface area contributed by atoms with E-state index in [1.807, 2.05) is 0 Å². The van der Waals surface area contributed by atoms with E-state index in [9.17, 15) is 0 Å². The van der Waals surface area contributed by atoms with Gasteiger partial charge in [-0.15, -0.1) is 0 Å². The lowest BCUT2D eigenvalue weighted by molar-refractivity contribution is -0.0174. The quantitative estimate of drug-likeness (QED) is 0.849. The van der Waals surface area contributed by atoms with Gasteiger partial charge in [-0.3, -0.25) is 0 Å². The lowest BCUT2D eigenvalue weighted by atomic mass is 9.96. The summed E-state index contributed by atoms with van der Waals surface area (Å²) < 4.78 is 10.9. The van der Waals surface area contributed by atoms with Crippen LogP contribution < -0.4 is 10.5 Å². The molecule has 2 rings (SSSR count). The summed E-state index contributed by atoms with van der Waals surface area (Å²) >= 11 is 0. The fraction of sp³-hybridized carbons (Fsp3) is 0.538. The number of aryl methyl sites for hydroxylation is 1. The van der Waals surface area contributed by atoms with Gasteiger partial charge >= 0.3 is 0 Å². The first-order chi connectivity index (χ1) is 7.72. The Hall–Kier alpha value is -1.06. The molecule has 0 radical (unpaired) electrons.